The van der Waals surface area contributed by atoms with Gasteiger partial charge in [-0.3, -0.25) is 0 Å². The van der Waals surface area contributed by atoms with Gasteiger partial charge in [-0.1, -0.05) is 0 Å². The molecule has 0 aromatic rings. The molecule has 2 nitrogen and oxygen atoms in total. The van der Waals surface area contributed by atoms with E-state index in [2.05, 4.69) is 4.74 Å². The number of allylic oxidation sites excluding steroid dienone is 2. The molecule has 0 aliphatic heterocycles. The molecular weight excluding hydrogens is 140 g/mol. The van der Waals surface area contributed by atoms with Crippen LogP contribution in [0.4, 0.5) is 8.78 Å². The summed E-state index contributed by atoms with van der Waals surface area (Å²) in [5.41, 5.74) is 0.0486. The molecule has 1 rings (SSSR count). The summed E-state index contributed by atoms with van der Waals surface area (Å²) in [6.07, 6.45) is -0.479. The van der Waals surface area contributed by atoms with Crippen molar-refractivity contribution in [2.45, 2.75) is 12.3 Å². The van der Waals surface area contributed by atoms with Crippen molar-refractivity contribution in [3.05, 3.63) is 11.3 Å². The lowest BCUT2D eigenvalue weighted by Crippen LogP contribution is -2.31. The molecule has 0 unspecified atom stereocenters. The zero-order valence-electron chi connectivity index (χ0n) is 5.32. The van der Waals surface area contributed by atoms with Gasteiger partial charge in [-0.05, 0) is 0 Å². The van der Waals surface area contributed by atoms with E-state index in [1.165, 1.54) is 0 Å². The second kappa shape index (κ2) is 1.94. The smallest absolute Gasteiger partial charge is 0.309 e. The quantitative estimate of drug-likeness (QED) is 0.559. The number of halogens is 2. The van der Waals surface area contributed by atoms with Crippen LogP contribution < -0.4 is 0 Å². The van der Waals surface area contributed by atoms with Crippen LogP contribution >= 0.6 is 0 Å². The van der Waals surface area contributed by atoms with E-state index in [-0.39, 0.29) is 5.57 Å². The zero-order valence-corrected chi connectivity index (χ0v) is 5.32. The molecule has 10 heavy (non-hydrogen) atoms. The highest BCUT2D eigenvalue weighted by molar-refractivity contribution is 5.39. The maximum atomic E-state index is 12.3. The maximum Gasteiger partial charge on any atom is 0.309 e. The Morgan fingerprint density at radius 3 is 2.50 bits per heavy atom. The van der Waals surface area contributed by atoms with Crippen molar-refractivity contribution in [1.82, 2.24) is 0 Å². The van der Waals surface area contributed by atoms with Crippen molar-refractivity contribution in [2.24, 2.45) is 0 Å². The Labute approximate surface area is 56.7 Å². The summed E-state index contributed by atoms with van der Waals surface area (Å²) >= 11 is 0. The number of nitriles is 1. The van der Waals surface area contributed by atoms with Gasteiger partial charge in [0, 0.05) is 0 Å². The Kier molecular flexibility index (Phi) is 1.36. The topological polar surface area (TPSA) is 33.0 Å². The normalized spacial score (nSPS) is 21.4. The Morgan fingerprint density at radius 2 is 2.30 bits per heavy atom. The molecule has 54 valence electrons. The number of methoxy groups -OCH3 is 1. The molecule has 0 spiro atoms. The lowest BCUT2D eigenvalue weighted by Gasteiger charge is -2.27. The number of alkyl halides is 2. The average Bonchev–Trinajstić information content (AvgIpc) is 1.84. The number of hydrogen-bond acceptors (Lipinski definition) is 2. The van der Waals surface area contributed by atoms with Crippen LogP contribution in [0.3, 0.4) is 0 Å². The summed E-state index contributed by atoms with van der Waals surface area (Å²) < 4.78 is 28.9. The summed E-state index contributed by atoms with van der Waals surface area (Å²) in [7, 11) is 1.14. The molecule has 0 saturated heterocycles. The van der Waals surface area contributed by atoms with Crippen molar-refractivity contribution in [1.29, 1.82) is 5.26 Å². The van der Waals surface area contributed by atoms with Crippen molar-refractivity contribution >= 4 is 0 Å². The molecule has 0 bridgehead atoms. The molecule has 1 aliphatic carbocycles. The van der Waals surface area contributed by atoms with Crippen molar-refractivity contribution < 1.29 is 13.5 Å². The molecule has 0 fully saturated rings. The van der Waals surface area contributed by atoms with Crippen LogP contribution in [0.25, 0.3) is 0 Å². The van der Waals surface area contributed by atoms with Crippen LogP contribution in [0.2, 0.25) is 0 Å². The third-order valence-corrected chi connectivity index (χ3v) is 1.34. The summed E-state index contributed by atoms with van der Waals surface area (Å²) in [6, 6.07) is 1.63. The molecule has 0 atom stereocenters. The van der Waals surface area contributed by atoms with Crippen molar-refractivity contribution in [3.63, 3.8) is 0 Å². The highest BCUT2D eigenvalue weighted by Crippen LogP contribution is 2.42. The largest absolute Gasteiger partial charge is 0.494 e. The van der Waals surface area contributed by atoms with Gasteiger partial charge >= 0.3 is 5.92 Å². The zero-order chi connectivity index (χ0) is 7.78. The SMILES string of the molecule is COC1=C(C#N)CC1(F)F. The number of rotatable bonds is 1. The monoisotopic (exact) mass is 145 g/mol. The van der Waals surface area contributed by atoms with Gasteiger partial charge in [0.15, 0.2) is 5.76 Å². The van der Waals surface area contributed by atoms with E-state index >= 15 is 0 Å². The molecule has 0 radical (unpaired) electrons. The number of nitrogens with zero attached hydrogens (tertiary/aromatic N) is 1. The fourth-order valence-corrected chi connectivity index (χ4v) is 0.859. The Balaban J connectivity index is 2.88. The van der Waals surface area contributed by atoms with E-state index in [0.717, 1.165) is 7.11 Å². The summed E-state index contributed by atoms with van der Waals surface area (Å²) in [5.74, 6) is -3.38. The van der Waals surface area contributed by atoms with Gasteiger partial charge in [0.05, 0.1) is 25.2 Å². The van der Waals surface area contributed by atoms with Gasteiger partial charge < -0.3 is 4.74 Å². The second-order valence-electron chi connectivity index (χ2n) is 2.00. The first kappa shape index (κ1) is 7.00. The number of ether oxygens (including phenoxy) is 1. The van der Waals surface area contributed by atoms with Crippen LogP contribution in [-0.4, -0.2) is 13.0 Å². The van der Waals surface area contributed by atoms with Gasteiger partial charge in [-0.2, -0.15) is 14.0 Å². The summed E-state index contributed by atoms with van der Waals surface area (Å²) in [6.45, 7) is 0. The predicted molar refractivity (Wildman–Crippen MR) is 29.2 cm³/mol. The Bertz CT molecular complexity index is 226. The maximum absolute atomic E-state index is 12.3. The highest BCUT2D eigenvalue weighted by Gasteiger charge is 2.48. The lowest BCUT2D eigenvalue weighted by molar-refractivity contribution is -0.0378. The molecule has 0 amide bonds. The Hall–Kier alpha value is -1.11. The molecule has 4 heteroatoms. The molecular formula is C6H5F2NO. The standard InChI is InChI=1S/C6H5F2NO/c1-10-5-4(3-9)2-6(5,7)8/h2H2,1H3. The molecule has 0 heterocycles. The van der Waals surface area contributed by atoms with E-state index in [0.29, 0.717) is 0 Å². The van der Waals surface area contributed by atoms with Crippen LogP contribution in [0.5, 0.6) is 0 Å². The van der Waals surface area contributed by atoms with Gasteiger partial charge in [0.25, 0.3) is 0 Å². The van der Waals surface area contributed by atoms with Gasteiger partial charge in [0.2, 0.25) is 0 Å². The summed E-state index contributed by atoms with van der Waals surface area (Å²) in [5, 5.41) is 8.20. The first-order valence-electron chi connectivity index (χ1n) is 2.67. The molecule has 0 aromatic carbocycles. The van der Waals surface area contributed by atoms with Crippen LogP contribution in [0.1, 0.15) is 6.42 Å². The lowest BCUT2D eigenvalue weighted by atomic mass is 9.93. The van der Waals surface area contributed by atoms with E-state index in [1.54, 1.807) is 6.07 Å². The fraction of sp³-hybridized carbons (Fsp3) is 0.500. The van der Waals surface area contributed by atoms with Crippen LogP contribution in [0, 0.1) is 11.3 Å². The molecule has 0 aromatic heterocycles. The van der Waals surface area contributed by atoms with Crippen LogP contribution in [0.15, 0.2) is 11.3 Å². The Morgan fingerprint density at radius 1 is 1.70 bits per heavy atom. The number of hydrogen-bond donors (Lipinski definition) is 0. The fourth-order valence-electron chi connectivity index (χ4n) is 0.859. The van der Waals surface area contributed by atoms with Crippen LogP contribution in [-0.2, 0) is 4.74 Å². The van der Waals surface area contributed by atoms with E-state index in [4.69, 9.17) is 5.26 Å². The van der Waals surface area contributed by atoms with Gasteiger partial charge in [-0.15, -0.1) is 0 Å². The minimum absolute atomic E-state index is 0.0486. The third-order valence-electron chi connectivity index (χ3n) is 1.34. The van der Waals surface area contributed by atoms with Crippen molar-refractivity contribution in [2.75, 3.05) is 7.11 Å². The minimum Gasteiger partial charge on any atom is -0.494 e. The predicted octanol–water partition coefficient (Wildman–Crippen LogP) is 1.45. The minimum atomic E-state index is -2.90. The van der Waals surface area contributed by atoms with E-state index in [9.17, 15) is 8.78 Å². The van der Waals surface area contributed by atoms with E-state index < -0.39 is 18.1 Å². The van der Waals surface area contributed by atoms with Gasteiger partial charge in [0.1, 0.15) is 0 Å². The molecule has 1 aliphatic rings. The molecule has 0 N–H and O–H groups in total. The first-order chi connectivity index (χ1) is 4.61. The van der Waals surface area contributed by atoms with E-state index in [1.807, 2.05) is 0 Å². The third kappa shape index (κ3) is 0.747. The summed E-state index contributed by atoms with van der Waals surface area (Å²) in [4.78, 5) is 0. The molecule has 0 saturated carbocycles. The highest BCUT2D eigenvalue weighted by atomic mass is 19.3. The van der Waals surface area contributed by atoms with Crippen molar-refractivity contribution in [3.8, 4) is 6.07 Å². The van der Waals surface area contributed by atoms with Gasteiger partial charge in [-0.25, -0.2) is 0 Å². The first-order valence-corrected chi connectivity index (χ1v) is 2.67. The second-order valence-corrected chi connectivity index (χ2v) is 2.00. The average molecular weight is 145 g/mol.